The van der Waals surface area contributed by atoms with E-state index in [4.69, 9.17) is 10.5 Å². The fourth-order valence-corrected chi connectivity index (χ4v) is 6.83. The van der Waals surface area contributed by atoms with E-state index in [1.54, 1.807) is 38.1 Å². The smallest absolute Gasteiger partial charge is 0.326 e. The van der Waals surface area contributed by atoms with Gasteiger partial charge in [-0.2, -0.15) is 0 Å². The molecule has 16 nitrogen and oxygen atoms in total. The van der Waals surface area contributed by atoms with Crippen molar-refractivity contribution in [3.63, 3.8) is 0 Å². The summed E-state index contributed by atoms with van der Waals surface area (Å²) in [5.41, 5.74) is 1.96. The molecule has 2 fully saturated rings. The van der Waals surface area contributed by atoms with Crippen molar-refractivity contribution in [1.29, 1.82) is 0 Å². The number of ether oxygens (including phenoxy) is 1. The molecule has 0 aromatic heterocycles. The highest BCUT2D eigenvalue weighted by molar-refractivity contribution is 6.00. The molecule has 306 valence electrons. The van der Waals surface area contributed by atoms with Crippen molar-refractivity contribution in [3.8, 4) is 0 Å². The van der Waals surface area contributed by atoms with E-state index in [9.17, 15) is 38.7 Å². The minimum Gasteiger partial charge on any atom is -0.480 e. The van der Waals surface area contributed by atoms with E-state index in [1.165, 1.54) is 20.8 Å². The standard InChI is InChI=1S/C39H61N7O9/c1-23(2)20-28(33(50)51)42-36(54)39(18-13-19-55-22-39)45-31(48)27(21-26-14-9-8-10-15-26)41-35(53)38(16-11-12-17-38)46-32(49)29(24(3)4)43-34(52)37(6,7)44-30(47)25(5)40/h8-10,14-15,23-25,27-29H,11-13,16-22,40H2,1-7H3,(H,41,53)(H,42,54)(H,43,52)(H,44,47)(H,45,48)(H,46,49)(H,50,51)/t25-,27-,28-,29-,39?/m0/s1. The molecule has 1 aliphatic heterocycles. The number of carbonyl (C=O) groups is 7. The number of rotatable bonds is 18. The van der Waals surface area contributed by atoms with Gasteiger partial charge in [-0.05, 0) is 70.3 Å². The minimum absolute atomic E-state index is 0.0322. The van der Waals surface area contributed by atoms with E-state index in [0.29, 0.717) is 25.9 Å². The van der Waals surface area contributed by atoms with Gasteiger partial charge in [-0.15, -0.1) is 0 Å². The third-order valence-electron chi connectivity index (χ3n) is 10.2. The summed E-state index contributed by atoms with van der Waals surface area (Å²) in [5.74, 6) is -5.40. The lowest BCUT2D eigenvalue weighted by Gasteiger charge is -2.39. The molecule has 5 atom stereocenters. The van der Waals surface area contributed by atoms with Crippen LogP contribution in [0.5, 0.6) is 0 Å². The van der Waals surface area contributed by atoms with Crippen LogP contribution in [-0.4, -0.2) is 101 Å². The van der Waals surface area contributed by atoms with Gasteiger partial charge in [0.1, 0.15) is 34.7 Å². The van der Waals surface area contributed by atoms with Crippen molar-refractivity contribution in [2.24, 2.45) is 17.6 Å². The maximum absolute atomic E-state index is 14.4. The number of nitrogens with one attached hydrogen (secondary N) is 6. The number of amides is 6. The average molecular weight is 772 g/mol. The summed E-state index contributed by atoms with van der Waals surface area (Å²) < 4.78 is 5.66. The summed E-state index contributed by atoms with van der Waals surface area (Å²) in [4.78, 5) is 94.0. The Morgan fingerprint density at radius 1 is 0.782 bits per heavy atom. The van der Waals surface area contributed by atoms with Gasteiger partial charge in [-0.3, -0.25) is 28.8 Å². The summed E-state index contributed by atoms with van der Waals surface area (Å²) in [6, 6.07) is 4.65. The third kappa shape index (κ3) is 12.2. The molecular formula is C39H61N7O9. The molecule has 3 rings (SSSR count). The zero-order valence-electron chi connectivity index (χ0n) is 33.2. The topological polar surface area (TPSA) is 247 Å². The molecule has 1 aromatic rings. The molecular weight excluding hydrogens is 710 g/mol. The fraction of sp³-hybridized carbons (Fsp3) is 0.667. The van der Waals surface area contributed by atoms with Crippen LogP contribution in [0.25, 0.3) is 0 Å². The molecule has 1 aliphatic carbocycles. The summed E-state index contributed by atoms with van der Waals surface area (Å²) in [6.45, 7) is 11.8. The normalized spacial score (nSPS) is 20.3. The summed E-state index contributed by atoms with van der Waals surface area (Å²) >= 11 is 0. The Morgan fingerprint density at radius 3 is 1.87 bits per heavy atom. The van der Waals surface area contributed by atoms with Gasteiger partial charge in [-0.1, -0.05) is 70.9 Å². The number of benzene rings is 1. The molecule has 0 radical (unpaired) electrons. The molecule has 16 heteroatoms. The van der Waals surface area contributed by atoms with Crippen molar-refractivity contribution in [2.75, 3.05) is 13.2 Å². The van der Waals surface area contributed by atoms with Crippen LogP contribution in [-0.2, 0) is 44.7 Å². The Bertz CT molecular complexity index is 1530. The lowest BCUT2D eigenvalue weighted by Crippen LogP contribution is -2.68. The van der Waals surface area contributed by atoms with Crippen molar-refractivity contribution in [1.82, 2.24) is 31.9 Å². The number of hydrogen-bond donors (Lipinski definition) is 8. The monoisotopic (exact) mass is 771 g/mol. The zero-order chi connectivity index (χ0) is 41.1. The Kier molecular flexibility index (Phi) is 15.8. The summed E-state index contributed by atoms with van der Waals surface area (Å²) in [5, 5.41) is 26.3. The van der Waals surface area contributed by atoms with Crippen LogP contribution in [0.4, 0.5) is 0 Å². The largest absolute Gasteiger partial charge is 0.480 e. The highest BCUT2D eigenvalue weighted by Gasteiger charge is 2.48. The van der Waals surface area contributed by atoms with Gasteiger partial charge in [0.2, 0.25) is 35.4 Å². The SMILES string of the molecule is CC(C)C[C@H](NC(=O)C1(NC(=O)[C@H](Cc2ccccc2)NC(=O)C2(NC(=O)[C@@H](NC(=O)C(C)(C)NC(=O)[C@H](C)N)C(C)C)CCCC2)CCCOC1)C(=O)O. The molecule has 2 aliphatic rings. The Balaban J connectivity index is 1.89. The third-order valence-corrected chi connectivity index (χ3v) is 10.2. The van der Waals surface area contributed by atoms with Gasteiger partial charge >= 0.3 is 5.97 Å². The molecule has 1 saturated heterocycles. The molecule has 1 heterocycles. The van der Waals surface area contributed by atoms with E-state index < -0.39 is 88.1 Å². The van der Waals surface area contributed by atoms with Crippen LogP contribution in [0.1, 0.15) is 99.0 Å². The van der Waals surface area contributed by atoms with Gasteiger partial charge in [0, 0.05) is 13.0 Å². The number of nitrogens with two attached hydrogens (primary N) is 1. The van der Waals surface area contributed by atoms with Gasteiger partial charge in [0.25, 0.3) is 0 Å². The maximum Gasteiger partial charge on any atom is 0.326 e. The van der Waals surface area contributed by atoms with Crippen molar-refractivity contribution in [3.05, 3.63) is 35.9 Å². The lowest BCUT2D eigenvalue weighted by molar-refractivity contribution is -0.147. The Labute approximate surface area is 323 Å². The molecule has 0 bridgehead atoms. The minimum atomic E-state index is -1.60. The molecule has 6 amide bonds. The van der Waals surface area contributed by atoms with Gasteiger partial charge in [-0.25, -0.2) is 4.79 Å². The first kappa shape index (κ1) is 44.8. The number of aliphatic carboxylic acids is 1. The predicted octanol–water partition coefficient (Wildman–Crippen LogP) is 0.807. The lowest BCUT2D eigenvalue weighted by atomic mass is 9.89. The number of carboxylic acids is 1. The van der Waals surface area contributed by atoms with Gasteiger partial charge < -0.3 is 47.5 Å². The number of carboxylic acid groups (broad SMARTS) is 1. The first-order chi connectivity index (χ1) is 25.7. The van der Waals surface area contributed by atoms with E-state index in [2.05, 4.69) is 31.9 Å². The van der Waals surface area contributed by atoms with E-state index in [0.717, 1.165) is 5.56 Å². The second kappa shape index (κ2) is 19.3. The van der Waals surface area contributed by atoms with Gasteiger partial charge in [0.05, 0.1) is 12.6 Å². The van der Waals surface area contributed by atoms with E-state index >= 15 is 0 Å². The van der Waals surface area contributed by atoms with Gasteiger partial charge in [0.15, 0.2) is 0 Å². The van der Waals surface area contributed by atoms with Crippen molar-refractivity contribution in [2.45, 2.75) is 141 Å². The Hall–Kier alpha value is -4.57. The van der Waals surface area contributed by atoms with Crippen LogP contribution < -0.4 is 37.6 Å². The first-order valence-electron chi connectivity index (χ1n) is 19.2. The Morgan fingerprint density at radius 2 is 1.35 bits per heavy atom. The van der Waals surface area contributed by atoms with E-state index in [-0.39, 0.29) is 44.6 Å². The molecule has 9 N–H and O–H groups in total. The highest BCUT2D eigenvalue weighted by Crippen LogP contribution is 2.31. The van der Waals surface area contributed by atoms with Crippen LogP contribution in [0.15, 0.2) is 30.3 Å². The summed E-state index contributed by atoms with van der Waals surface area (Å²) in [7, 11) is 0. The second-order valence-electron chi connectivity index (χ2n) is 16.3. The van der Waals surface area contributed by atoms with Crippen molar-refractivity contribution < 1.29 is 43.4 Å². The summed E-state index contributed by atoms with van der Waals surface area (Å²) in [6.07, 6.45) is 2.58. The molecule has 55 heavy (non-hydrogen) atoms. The van der Waals surface area contributed by atoms with Crippen LogP contribution >= 0.6 is 0 Å². The quantitative estimate of drug-likeness (QED) is 0.104. The molecule has 1 saturated carbocycles. The van der Waals surface area contributed by atoms with Crippen LogP contribution in [0, 0.1) is 11.8 Å². The first-order valence-corrected chi connectivity index (χ1v) is 19.2. The number of hydrogen-bond acceptors (Lipinski definition) is 9. The van der Waals surface area contributed by atoms with E-state index in [1.807, 2.05) is 19.9 Å². The average Bonchev–Trinajstić information content (AvgIpc) is 3.59. The predicted molar refractivity (Wildman–Crippen MR) is 204 cm³/mol. The van der Waals surface area contributed by atoms with Crippen LogP contribution in [0.2, 0.25) is 0 Å². The molecule has 0 spiro atoms. The molecule has 1 unspecified atom stereocenters. The van der Waals surface area contributed by atoms with Crippen molar-refractivity contribution >= 4 is 41.4 Å². The molecule has 1 aromatic carbocycles. The number of carbonyl (C=O) groups excluding carboxylic acids is 6. The maximum atomic E-state index is 14.4. The fourth-order valence-electron chi connectivity index (χ4n) is 6.83. The zero-order valence-corrected chi connectivity index (χ0v) is 33.2. The second-order valence-corrected chi connectivity index (χ2v) is 16.3. The van der Waals surface area contributed by atoms with Crippen LogP contribution in [0.3, 0.4) is 0 Å². The highest BCUT2D eigenvalue weighted by atomic mass is 16.5.